The Bertz CT molecular complexity index is 1430. The molecule has 2 heterocycles. The average Bonchev–Trinajstić information content (AvgIpc) is 3.18. The van der Waals surface area contributed by atoms with E-state index in [0.717, 1.165) is 23.8 Å². The van der Waals surface area contributed by atoms with Gasteiger partial charge in [-0.15, -0.1) is 5.10 Å². The second-order valence-corrected chi connectivity index (χ2v) is 8.18. The van der Waals surface area contributed by atoms with Crippen molar-refractivity contribution < 1.29 is 22.7 Å². The summed E-state index contributed by atoms with van der Waals surface area (Å²) in [6.45, 7) is 1.53. The number of methoxy groups -OCH3 is 1. The highest BCUT2D eigenvalue weighted by molar-refractivity contribution is 9.10. The monoisotopic (exact) mass is 533 g/mol. The number of ether oxygens (including phenoxy) is 1. The number of hydrogen-bond donors (Lipinski definition) is 1. The number of allylic oxidation sites excluding steroid dienone is 1. The fraction of sp³-hybridized carbons (Fsp3) is 0.182. The fourth-order valence-electron chi connectivity index (χ4n) is 3.90. The second-order valence-electron chi connectivity index (χ2n) is 7.32. The summed E-state index contributed by atoms with van der Waals surface area (Å²) in [5.41, 5.74) is -0.517. The molecule has 0 fully saturated rings. The molecular formula is C22H15BrF3N5O3. The lowest BCUT2D eigenvalue weighted by molar-refractivity contribution is -0.138. The van der Waals surface area contributed by atoms with Crippen molar-refractivity contribution in [2.24, 2.45) is 0 Å². The first-order valence-electron chi connectivity index (χ1n) is 9.71. The molecule has 0 amide bonds. The van der Waals surface area contributed by atoms with Crippen LogP contribution in [0.3, 0.4) is 0 Å². The Labute approximate surface area is 199 Å². The molecule has 8 nitrogen and oxygen atoms in total. The van der Waals surface area contributed by atoms with Crippen LogP contribution in [0.25, 0.3) is 0 Å². The number of fused-ring (bicyclic) bond motifs is 1. The molecule has 174 valence electrons. The molecule has 3 aromatic rings. The van der Waals surface area contributed by atoms with Gasteiger partial charge >= 0.3 is 17.8 Å². The third-order valence-electron chi connectivity index (χ3n) is 5.40. The number of alkyl halides is 3. The van der Waals surface area contributed by atoms with E-state index in [2.05, 4.69) is 26.1 Å². The van der Waals surface area contributed by atoms with Crippen LogP contribution in [0.5, 0.6) is 0 Å². The molecule has 1 unspecified atom stereocenters. The minimum Gasteiger partial charge on any atom is -0.466 e. The number of halogens is 4. The smallest absolute Gasteiger partial charge is 0.416 e. The highest BCUT2D eigenvalue weighted by Gasteiger charge is 2.40. The fourth-order valence-corrected chi connectivity index (χ4v) is 4.49. The van der Waals surface area contributed by atoms with Gasteiger partial charge in [-0.1, -0.05) is 28.1 Å². The molecule has 0 saturated heterocycles. The van der Waals surface area contributed by atoms with E-state index in [1.54, 1.807) is 6.07 Å². The number of carbonyl (C=O) groups excluding carboxylic acids is 1. The van der Waals surface area contributed by atoms with Crippen LogP contribution in [0.1, 0.15) is 29.7 Å². The van der Waals surface area contributed by atoms with Gasteiger partial charge in [-0.25, -0.2) is 19.3 Å². The summed E-state index contributed by atoms with van der Waals surface area (Å²) in [5, 5.41) is 15.5. The highest BCUT2D eigenvalue weighted by Crippen LogP contribution is 2.44. The first-order chi connectivity index (χ1) is 16.1. The van der Waals surface area contributed by atoms with Crippen LogP contribution < -0.4 is 10.6 Å². The van der Waals surface area contributed by atoms with Crippen molar-refractivity contribution in [3.63, 3.8) is 0 Å². The van der Waals surface area contributed by atoms with E-state index in [0.29, 0.717) is 15.6 Å². The van der Waals surface area contributed by atoms with Crippen molar-refractivity contribution in [1.29, 1.82) is 5.26 Å². The number of esters is 1. The van der Waals surface area contributed by atoms with E-state index < -0.39 is 29.4 Å². The summed E-state index contributed by atoms with van der Waals surface area (Å²) in [6, 6.07) is 10.1. The predicted molar refractivity (Wildman–Crippen MR) is 118 cm³/mol. The van der Waals surface area contributed by atoms with E-state index in [1.807, 2.05) is 6.07 Å². The van der Waals surface area contributed by atoms with E-state index in [1.165, 1.54) is 36.1 Å². The van der Waals surface area contributed by atoms with Gasteiger partial charge in [-0.3, -0.25) is 4.90 Å². The lowest BCUT2D eigenvalue weighted by Crippen LogP contribution is -2.37. The Balaban J connectivity index is 2.02. The zero-order valence-corrected chi connectivity index (χ0v) is 19.2. The molecule has 2 aromatic carbocycles. The standard InChI is InChI=1S/C22H15BrF3N5O3/c1-11-17(19(32)34-2)18(15-7-6-12(10-27)8-16(15)23)31-20(28-29-21(31)33)30(11)14-5-3-4-13(9-14)22(24,25)26/h3-9,18H,1-2H3,(H,29,33). The van der Waals surface area contributed by atoms with E-state index in [4.69, 9.17) is 4.74 Å². The van der Waals surface area contributed by atoms with Crippen molar-refractivity contribution in [3.05, 3.63) is 85.4 Å². The molecule has 1 aliphatic heterocycles. The Morgan fingerprint density at radius 3 is 2.62 bits per heavy atom. The summed E-state index contributed by atoms with van der Waals surface area (Å²) in [7, 11) is 1.16. The number of nitrogens with zero attached hydrogens (tertiary/aromatic N) is 4. The molecular weight excluding hydrogens is 519 g/mol. The number of rotatable bonds is 3. The number of carbonyl (C=O) groups is 1. The van der Waals surface area contributed by atoms with Crippen LogP contribution in [0.4, 0.5) is 24.8 Å². The number of aromatic amines is 1. The van der Waals surface area contributed by atoms with Crippen molar-refractivity contribution in [2.45, 2.75) is 19.1 Å². The largest absolute Gasteiger partial charge is 0.466 e. The zero-order valence-electron chi connectivity index (χ0n) is 17.6. The van der Waals surface area contributed by atoms with Crippen LogP contribution in [-0.4, -0.2) is 27.8 Å². The summed E-state index contributed by atoms with van der Waals surface area (Å²) in [4.78, 5) is 27.1. The van der Waals surface area contributed by atoms with Crippen LogP contribution in [-0.2, 0) is 15.7 Å². The minimum absolute atomic E-state index is 0.0151. The lowest BCUT2D eigenvalue weighted by Gasteiger charge is -2.35. The molecule has 0 saturated carbocycles. The lowest BCUT2D eigenvalue weighted by atomic mass is 9.93. The van der Waals surface area contributed by atoms with Gasteiger partial charge in [0.15, 0.2) is 0 Å². The highest BCUT2D eigenvalue weighted by atomic mass is 79.9. The number of hydrogen-bond acceptors (Lipinski definition) is 6. The molecule has 1 aromatic heterocycles. The second kappa shape index (κ2) is 8.49. The van der Waals surface area contributed by atoms with E-state index >= 15 is 0 Å². The molecule has 1 aliphatic rings. The van der Waals surface area contributed by atoms with E-state index in [9.17, 15) is 28.0 Å². The normalized spacial score (nSPS) is 15.7. The van der Waals surface area contributed by atoms with Gasteiger partial charge in [0.25, 0.3) is 0 Å². The number of H-pyrrole nitrogens is 1. The maximum absolute atomic E-state index is 13.4. The summed E-state index contributed by atoms with van der Waals surface area (Å²) < 4.78 is 46.7. The van der Waals surface area contributed by atoms with Crippen LogP contribution in [0.2, 0.25) is 0 Å². The van der Waals surface area contributed by atoms with Gasteiger partial charge in [0.05, 0.1) is 29.9 Å². The third-order valence-corrected chi connectivity index (χ3v) is 6.09. The first kappa shape index (κ1) is 23.3. The molecule has 1 atom stereocenters. The van der Waals surface area contributed by atoms with Crippen molar-refractivity contribution in [1.82, 2.24) is 14.8 Å². The van der Waals surface area contributed by atoms with Gasteiger partial charge < -0.3 is 4.74 Å². The maximum Gasteiger partial charge on any atom is 0.416 e. The van der Waals surface area contributed by atoms with Crippen molar-refractivity contribution >= 4 is 33.5 Å². The zero-order chi connectivity index (χ0) is 24.8. The Morgan fingerprint density at radius 2 is 2.00 bits per heavy atom. The topological polar surface area (TPSA) is 104 Å². The molecule has 1 N–H and O–H groups in total. The average molecular weight is 534 g/mol. The molecule has 34 heavy (non-hydrogen) atoms. The minimum atomic E-state index is -4.60. The van der Waals surface area contributed by atoms with E-state index in [-0.39, 0.29) is 22.9 Å². The van der Waals surface area contributed by atoms with Gasteiger partial charge in [0.2, 0.25) is 5.95 Å². The molecule has 0 aliphatic carbocycles. The summed E-state index contributed by atoms with van der Waals surface area (Å²) in [6.07, 6.45) is -4.60. The van der Waals surface area contributed by atoms with Crippen LogP contribution in [0.15, 0.2) is 63.0 Å². The maximum atomic E-state index is 13.4. The number of nitriles is 1. The molecule has 0 spiro atoms. The van der Waals surface area contributed by atoms with Gasteiger partial charge in [0, 0.05) is 15.9 Å². The summed E-state index contributed by atoms with van der Waals surface area (Å²) in [5.74, 6) is -0.801. The number of nitrogens with one attached hydrogen (secondary N) is 1. The molecule has 0 radical (unpaired) electrons. The van der Waals surface area contributed by atoms with Gasteiger partial charge in [0.1, 0.15) is 6.04 Å². The summed E-state index contributed by atoms with van der Waals surface area (Å²) >= 11 is 3.39. The van der Waals surface area contributed by atoms with Gasteiger partial charge in [-0.2, -0.15) is 18.4 Å². The Kier molecular flexibility index (Phi) is 5.82. The van der Waals surface area contributed by atoms with Crippen LogP contribution in [0, 0.1) is 11.3 Å². The number of aromatic nitrogens is 3. The first-order valence-corrected chi connectivity index (χ1v) is 10.5. The van der Waals surface area contributed by atoms with Crippen LogP contribution >= 0.6 is 15.9 Å². The van der Waals surface area contributed by atoms with Crippen molar-refractivity contribution in [3.8, 4) is 6.07 Å². The SMILES string of the molecule is COC(=O)C1=C(C)N(c2cccc(C(F)(F)F)c2)c2n[nH]c(=O)n2C1c1ccc(C#N)cc1Br. The van der Waals surface area contributed by atoms with Crippen molar-refractivity contribution in [2.75, 3.05) is 12.0 Å². The molecule has 12 heteroatoms. The third kappa shape index (κ3) is 3.77. The number of benzene rings is 2. The molecule has 4 rings (SSSR count). The number of anilines is 2. The predicted octanol–water partition coefficient (Wildman–Crippen LogP) is 4.41. The Morgan fingerprint density at radius 1 is 1.26 bits per heavy atom. The quantitative estimate of drug-likeness (QED) is 0.500. The Hall–Kier alpha value is -3.85. The van der Waals surface area contributed by atoms with Gasteiger partial charge in [-0.05, 0) is 42.8 Å². The molecule has 0 bridgehead atoms.